The van der Waals surface area contributed by atoms with Crippen molar-refractivity contribution in [2.75, 3.05) is 40.3 Å². The van der Waals surface area contributed by atoms with E-state index < -0.39 is 0 Å². The van der Waals surface area contributed by atoms with Crippen molar-refractivity contribution in [1.82, 2.24) is 9.80 Å². The Morgan fingerprint density at radius 1 is 0.842 bits per heavy atom. The minimum Gasteiger partial charge on any atom is -0.308 e. The number of hydrogen-bond acceptors (Lipinski definition) is 2. The van der Waals surface area contributed by atoms with E-state index in [2.05, 4.69) is 61.2 Å². The van der Waals surface area contributed by atoms with Crippen molar-refractivity contribution >= 4 is 0 Å². The monoisotopic (exact) mass is 262 g/mol. The summed E-state index contributed by atoms with van der Waals surface area (Å²) >= 11 is 0. The zero-order valence-corrected chi connectivity index (χ0v) is 12.9. The molecule has 2 heteroatoms. The minimum atomic E-state index is 1.15. The number of nitrogens with zero attached hydrogens (tertiary/aromatic N) is 2. The number of likely N-dealkylation sites (N-methyl/N-ethyl adjacent to an activating group) is 1. The van der Waals surface area contributed by atoms with Gasteiger partial charge in [0, 0.05) is 19.6 Å². The average Bonchev–Trinajstić information content (AvgIpc) is 2.42. The summed E-state index contributed by atoms with van der Waals surface area (Å²) in [5, 5.41) is 0. The molecule has 0 radical (unpaired) electrons. The van der Waals surface area contributed by atoms with Crippen molar-refractivity contribution in [3.63, 3.8) is 0 Å². The SMILES string of the molecule is CCCCCN(CCc1ccccc1)CCN(C)C. The van der Waals surface area contributed by atoms with Gasteiger partial charge >= 0.3 is 0 Å². The molecular formula is C17H30N2. The highest BCUT2D eigenvalue weighted by Crippen LogP contribution is 2.04. The summed E-state index contributed by atoms with van der Waals surface area (Å²) in [6.07, 6.45) is 5.16. The number of rotatable bonds is 10. The van der Waals surface area contributed by atoms with E-state index in [1.54, 1.807) is 0 Å². The van der Waals surface area contributed by atoms with Crippen molar-refractivity contribution < 1.29 is 0 Å². The quantitative estimate of drug-likeness (QED) is 0.597. The van der Waals surface area contributed by atoms with E-state index >= 15 is 0 Å². The van der Waals surface area contributed by atoms with Gasteiger partial charge in [0.1, 0.15) is 0 Å². The molecule has 0 spiro atoms. The highest BCUT2D eigenvalue weighted by molar-refractivity contribution is 5.14. The Kier molecular flexibility index (Phi) is 8.52. The van der Waals surface area contributed by atoms with Crippen LogP contribution in [0.5, 0.6) is 0 Å². The van der Waals surface area contributed by atoms with Gasteiger partial charge in [0.15, 0.2) is 0 Å². The molecule has 0 amide bonds. The van der Waals surface area contributed by atoms with Gasteiger partial charge in [-0.2, -0.15) is 0 Å². The lowest BCUT2D eigenvalue weighted by molar-refractivity contribution is 0.239. The van der Waals surface area contributed by atoms with Gasteiger partial charge in [-0.15, -0.1) is 0 Å². The second-order valence-electron chi connectivity index (χ2n) is 5.59. The van der Waals surface area contributed by atoms with E-state index in [1.165, 1.54) is 50.9 Å². The third kappa shape index (κ3) is 8.02. The van der Waals surface area contributed by atoms with Crippen molar-refractivity contribution in [3.8, 4) is 0 Å². The summed E-state index contributed by atoms with van der Waals surface area (Å²) in [5.74, 6) is 0. The predicted octanol–water partition coefficient (Wildman–Crippen LogP) is 3.28. The molecule has 1 aromatic carbocycles. The van der Waals surface area contributed by atoms with Crippen LogP contribution in [0.25, 0.3) is 0 Å². The van der Waals surface area contributed by atoms with Gasteiger partial charge in [-0.3, -0.25) is 0 Å². The van der Waals surface area contributed by atoms with E-state index in [4.69, 9.17) is 0 Å². The van der Waals surface area contributed by atoms with Crippen molar-refractivity contribution in [2.24, 2.45) is 0 Å². The first-order chi connectivity index (χ1) is 9.22. The lowest BCUT2D eigenvalue weighted by Crippen LogP contribution is -2.34. The molecule has 1 rings (SSSR count). The molecule has 0 heterocycles. The fourth-order valence-corrected chi connectivity index (χ4v) is 2.19. The molecule has 19 heavy (non-hydrogen) atoms. The van der Waals surface area contributed by atoms with Crippen LogP contribution < -0.4 is 0 Å². The molecule has 0 atom stereocenters. The van der Waals surface area contributed by atoms with E-state index in [1.807, 2.05) is 0 Å². The van der Waals surface area contributed by atoms with E-state index in [-0.39, 0.29) is 0 Å². The van der Waals surface area contributed by atoms with Crippen LogP contribution in [0.2, 0.25) is 0 Å². The van der Waals surface area contributed by atoms with Crippen LogP contribution in [0.4, 0.5) is 0 Å². The first-order valence-electron chi connectivity index (χ1n) is 7.63. The molecule has 0 aliphatic carbocycles. The molecule has 108 valence electrons. The third-order valence-corrected chi connectivity index (χ3v) is 3.50. The van der Waals surface area contributed by atoms with Crippen LogP contribution in [-0.2, 0) is 6.42 Å². The van der Waals surface area contributed by atoms with Crippen molar-refractivity contribution in [1.29, 1.82) is 0 Å². The second-order valence-corrected chi connectivity index (χ2v) is 5.59. The molecule has 0 N–H and O–H groups in total. The maximum atomic E-state index is 2.61. The molecule has 0 unspecified atom stereocenters. The number of hydrogen-bond donors (Lipinski definition) is 0. The molecule has 0 bridgehead atoms. The topological polar surface area (TPSA) is 6.48 Å². The number of benzene rings is 1. The van der Waals surface area contributed by atoms with E-state index in [9.17, 15) is 0 Å². The van der Waals surface area contributed by atoms with E-state index in [0.29, 0.717) is 0 Å². The van der Waals surface area contributed by atoms with Crippen molar-refractivity contribution in [2.45, 2.75) is 32.6 Å². The Balaban J connectivity index is 2.34. The summed E-state index contributed by atoms with van der Waals surface area (Å²) in [7, 11) is 4.31. The maximum absolute atomic E-state index is 2.61. The Hall–Kier alpha value is -0.860. The summed E-state index contributed by atoms with van der Waals surface area (Å²) < 4.78 is 0. The molecule has 2 nitrogen and oxygen atoms in total. The second kappa shape index (κ2) is 9.99. The van der Waals surface area contributed by atoms with Gasteiger partial charge in [-0.05, 0) is 39.0 Å². The lowest BCUT2D eigenvalue weighted by Gasteiger charge is -2.24. The Labute approximate surface area is 119 Å². The lowest BCUT2D eigenvalue weighted by atomic mass is 10.1. The maximum Gasteiger partial charge on any atom is 0.0109 e. The molecule has 1 aromatic rings. The summed E-state index contributed by atoms with van der Waals surface area (Å²) in [6, 6.07) is 10.8. The van der Waals surface area contributed by atoms with Gasteiger partial charge in [0.25, 0.3) is 0 Å². The highest BCUT2D eigenvalue weighted by atomic mass is 15.2. The highest BCUT2D eigenvalue weighted by Gasteiger charge is 2.05. The first-order valence-corrected chi connectivity index (χ1v) is 7.63. The average molecular weight is 262 g/mol. The Morgan fingerprint density at radius 3 is 2.21 bits per heavy atom. The smallest absolute Gasteiger partial charge is 0.0109 e. The fourth-order valence-electron chi connectivity index (χ4n) is 2.19. The van der Waals surface area contributed by atoms with Gasteiger partial charge in [-0.1, -0.05) is 50.1 Å². The largest absolute Gasteiger partial charge is 0.308 e. The van der Waals surface area contributed by atoms with Crippen LogP contribution in [-0.4, -0.2) is 50.1 Å². The third-order valence-electron chi connectivity index (χ3n) is 3.50. The van der Waals surface area contributed by atoms with Crippen LogP contribution in [0.15, 0.2) is 30.3 Å². The van der Waals surface area contributed by atoms with Gasteiger partial charge < -0.3 is 9.80 Å². The van der Waals surface area contributed by atoms with Crippen LogP contribution in [0.3, 0.4) is 0 Å². The van der Waals surface area contributed by atoms with Crippen molar-refractivity contribution in [3.05, 3.63) is 35.9 Å². The van der Waals surface area contributed by atoms with Gasteiger partial charge in [-0.25, -0.2) is 0 Å². The first kappa shape index (κ1) is 16.2. The molecule has 0 aliphatic heterocycles. The zero-order valence-electron chi connectivity index (χ0n) is 12.9. The normalized spacial score (nSPS) is 11.4. The fraction of sp³-hybridized carbons (Fsp3) is 0.647. The molecule has 0 saturated heterocycles. The predicted molar refractivity (Wildman–Crippen MR) is 84.7 cm³/mol. The van der Waals surface area contributed by atoms with Gasteiger partial charge in [0.2, 0.25) is 0 Å². The summed E-state index contributed by atoms with van der Waals surface area (Å²) in [4.78, 5) is 4.89. The standard InChI is InChI=1S/C17H30N2/c1-4-5-9-13-19(16-15-18(2)3)14-12-17-10-7-6-8-11-17/h6-8,10-11H,4-5,9,12-16H2,1-3H3. The van der Waals surface area contributed by atoms with Gasteiger partial charge in [0.05, 0.1) is 0 Å². The Morgan fingerprint density at radius 2 is 1.58 bits per heavy atom. The molecular weight excluding hydrogens is 232 g/mol. The zero-order chi connectivity index (χ0) is 13.9. The Bertz CT molecular complexity index is 308. The van der Waals surface area contributed by atoms with E-state index in [0.717, 1.165) is 6.54 Å². The molecule has 0 fully saturated rings. The summed E-state index contributed by atoms with van der Waals surface area (Å²) in [6.45, 7) is 7.04. The summed E-state index contributed by atoms with van der Waals surface area (Å²) in [5.41, 5.74) is 1.45. The van der Waals surface area contributed by atoms with Crippen LogP contribution >= 0.6 is 0 Å². The van der Waals surface area contributed by atoms with Crippen LogP contribution in [0, 0.1) is 0 Å². The number of unbranched alkanes of at least 4 members (excludes halogenated alkanes) is 2. The minimum absolute atomic E-state index is 1.15. The molecule has 0 aliphatic rings. The molecule has 0 saturated carbocycles. The van der Waals surface area contributed by atoms with Crippen LogP contribution in [0.1, 0.15) is 31.7 Å². The molecule has 0 aromatic heterocycles.